The molecule has 0 spiro atoms. The van der Waals surface area contributed by atoms with E-state index in [2.05, 4.69) is 37.4 Å². The van der Waals surface area contributed by atoms with Gasteiger partial charge in [-0.25, -0.2) is 4.98 Å². The molecule has 0 aliphatic rings. The van der Waals surface area contributed by atoms with Gasteiger partial charge < -0.3 is 10.1 Å². The highest BCUT2D eigenvalue weighted by molar-refractivity contribution is 8.00. The smallest absolute Gasteiger partial charge is 0.234 e. The summed E-state index contributed by atoms with van der Waals surface area (Å²) in [6.45, 7) is 8.21. The van der Waals surface area contributed by atoms with E-state index in [9.17, 15) is 4.79 Å². The van der Waals surface area contributed by atoms with Gasteiger partial charge in [0.1, 0.15) is 10.8 Å². The minimum absolute atomic E-state index is 0.0784. The van der Waals surface area contributed by atoms with Crippen LogP contribution in [0.25, 0.3) is 10.9 Å². The monoisotopic (exact) mass is 380 g/mol. The van der Waals surface area contributed by atoms with Crippen LogP contribution in [-0.2, 0) is 4.79 Å². The van der Waals surface area contributed by atoms with Gasteiger partial charge in [0.2, 0.25) is 5.91 Å². The summed E-state index contributed by atoms with van der Waals surface area (Å²) >= 11 is 1.45. The van der Waals surface area contributed by atoms with Crippen molar-refractivity contribution in [2.75, 3.05) is 18.2 Å². The summed E-state index contributed by atoms with van der Waals surface area (Å²) in [7, 11) is 1.60. The molecule has 0 aliphatic heterocycles. The minimum Gasteiger partial charge on any atom is -0.495 e. The molecule has 3 aromatic rings. The number of nitrogens with zero attached hydrogens (tertiary/aromatic N) is 1. The van der Waals surface area contributed by atoms with E-state index in [4.69, 9.17) is 9.72 Å². The van der Waals surface area contributed by atoms with E-state index < -0.39 is 0 Å². The molecule has 0 atom stereocenters. The van der Waals surface area contributed by atoms with Crippen LogP contribution >= 0.6 is 11.8 Å². The van der Waals surface area contributed by atoms with E-state index in [1.807, 2.05) is 32.0 Å². The summed E-state index contributed by atoms with van der Waals surface area (Å²) in [5, 5.41) is 4.95. The summed E-state index contributed by atoms with van der Waals surface area (Å²) in [6, 6.07) is 12.1. The van der Waals surface area contributed by atoms with E-state index >= 15 is 0 Å². The quantitative estimate of drug-likeness (QED) is 0.618. The van der Waals surface area contributed by atoms with Gasteiger partial charge >= 0.3 is 0 Å². The summed E-state index contributed by atoms with van der Waals surface area (Å²) in [5.41, 5.74) is 6.28. The van der Waals surface area contributed by atoms with Crippen molar-refractivity contribution in [3.8, 4) is 5.75 Å². The summed E-state index contributed by atoms with van der Waals surface area (Å²) in [5.74, 6) is 0.872. The third kappa shape index (κ3) is 4.42. The van der Waals surface area contributed by atoms with Gasteiger partial charge in [0.25, 0.3) is 0 Å². The number of fused-ring (bicyclic) bond motifs is 1. The van der Waals surface area contributed by atoms with Gasteiger partial charge in [0.15, 0.2) is 0 Å². The molecule has 0 saturated carbocycles. The molecule has 0 saturated heterocycles. The van der Waals surface area contributed by atoms with Crippen molar-refractivity contribution in [2.45, 2.75) is 32.7 Å². The second-order valence-corrected chi connectivity index (χ2v) is 7.74. The maximum atomic E-state index is 12.4. The fourth-order valence-electron chi connectivity index (χ4n) is 2.91. The Kier molecular flexibility index (Phi) is 5.71. The number of anilines is 1. The van der Waals surface area contributed by atoms with Crippen molar-refractivity contribution >= 4 is 34.3 Å². The Hall–Kier alpha value is -2.53. The highest BCUT2D eigenvalue weighted by Crippen LogP contribution is 2.28. The van der Waals surface area contributed by atoms with Gasteiger partial charge in [0.05, 0.1) is 24.1 Å². The number of carbonyl (C=O) groups excluding carboxylic acids is 1. The molecule has 1 N–H and O–H groups in total. The molecular formula is C22H24N2O2S. The first kappa shape index (κ1) is 19.2. The number of aryl methyl sites for hydroxylation is 4. The number of nitrogens with one attached hydrogen (secondary N) is 1. The van der Waals surface area contributed by atoms with Crippen LogP contribution in [0.1, 0.15) is 22.3 Å². The third-order valence-corrected chi connectivity index (χ3v) is 5.64. The number of rotatable bonds is 5. The molecule has 5 heteroatoms. The van der Waals surface area contributed by atoms with Crippen LogP contribution in [0.4, 0.5) is 5.69 Å². The number of ether oxygens (including phenoxy) is 1. The average molecular weight is 381 g/mol. The third-order valence-electron chi connectivity index (χ3n) is 4.54. The molecule has 1 amide bonds. The van der Waals surface area contributed by atoms with Crippen LogP contribution in [-0.4, -0.2) is 23.8 Å². The minimum atomic E-state index is -0.0784. The maximum absolute atomic E-state index is 12.4. The van der Waals surface area contributed by atoms with Gasteiger partial charge in [-0.05, 0) is 80.3 Å². The molecule has 1 aromatic heterocycles. The molecule has 3 rings (SSSR count). The van der Waals surface area contributed by atoms with Crippen molar-refractivity contribution < 1.29 is 9.53 Å². The fourth-order valence-corrected chi connectivity index (χ4v) is 3.70. The molecule has 0 radical (unpaired) electrons. The normalized spacial score (nSPS) is 10.9. The average Bonchev–Trinajstić information content (AvgIpc) is 2.62. The van der Waals surface area contributed by atoms with Gasteiger partial charge in [-0.1, -0.05) is 17.8 Å². The number of aromatic nitrogens is 1. The topological polar surface area (TPSA) is 51.2 Å². The van der Waals surface area contributed by atoms with Crippen LogP contribution in [0.2, 0.25) is 0 Å². The number of hydrogen-bond donors (Lipinski definition) is 1. The van der Waals surface area contributed by atoms with Crippen molar-refractivity contribution in [1.82, 2.24) is 4.98 Å². The lowest BCUT2D eigenvalue weighted by molar-refractivity contribution is -0.113. The summed E-state index contributed by atoms with van der Waals surface area (Å²) in [6.07, 6.45) is 0. The van der Waals surface area contributed by atoms with Crippen LogP contribution in [0.5, 0.6) is 5.75 Å². The van der Waals surface area contributed by atoms with Gasteiger partial charge in [-0.15, -0.1) is 0 Å². The Balaban J connectivity index is 1.74. The van der Waals surface area contributed by atoms with E-state index in [0.29, 0.717) is 17.2 Å². The zero-order valence-electron chi connectivity index (χ0n) is 16.3. The first-order chi connectivity index (χ1) is 12.9. The van der Waals surface area contributed by atoms with Crippen LogP contribution in [0, 0.1) is 27.7 Å². The maximum Gasteiger partial charge on any atom is 0.234 e. The Morgan fingerprint density at radius 3 is 2.48 bits per heavy atom. The van der Waals surface area contributed by atoms with Crippen molar-refractivity contribution in [3.05, 3.63) is 58.7 Å². The van der Waals surface area contributed by atoms with Crippen molar-refractivity contribution in [3.63, 3.8) is 0 Å². The zero-order valence-corrected chi connectivity index (χ0v) is 17.2. The second kappa shape index (κ2) is 8.01. The number of amides is 1. The number of benzene rings is 2. The Bertz CT molecular complexity index is 1010. The Morgan fingerprint density at radius 2 is 1.74 bits per heavy atom. The number of hydrogen-bond acceptors (Lipinski definition) is 4. The van der Waals surface area contributed by atoms with E-state index in [1.54, 1.807) is 7.11 Å². The molecule has 2 aromatic carbocycles. The van der Waals surface area contributed by atoms with E-state index in [0.717, 1.165) is 27.1 Å². The van der Waals surface area contributed by atoms with Crippen LogP contribution < -0.4 is 10.1 Å². The predicted molar refractivity (Wildman–Crippen MR) is 113 cm³/mol. The Labute approximate surface area is 164 Å². The number of thioether (sulfide) groups is 1. The molecule has 0 bridgehead atoms. The second-order valence-electron chi connectivity index (χ2n) is 6.78. The number of pyridine rings is 1. The molecule has 0 fully saturated rings. The standard InChI is InChI=1S/C22H24N2O2S/c1-13-6-7-20(26-5)19(8-13)23-21(25)12-27-22-16(4)10-17-9-14(2)15(3)11-18(17)24-22/h6-11H,12H2,1-5H3,(H,23,25). The molecule has 0 unspecified atom stereocenters. The Morgan fingerprint density at radius 1 is 1.04 bits per heavy atom. The van der Waals surface area contributed by atoms with Gasteiger partial charge in [0, 0.05) is 5.39 Å². The van der Waals surface area contributed by atoms with Gasteiger partial charge in [-0.3, -0.25) is 4.79 Å². The number of carbonyl (C=O) groups is 1. The molecule has 4 nitrogen and oxygen atoms in total. The lowest BCUT2D eigenvalue weighted by atomic mass is 10.1. The van der Waals surface area contributed by atoms with Gasteiger partial charge in [-0.2, -0.15) is 0 Å². The van der Waals surface area contributed by atoms with E-state index in [1.165, 1.54) is 22.9 Å². The number of methoxy groups -OCH3 is 1. The van der Waals surface area contributed by atoms with Crippen molar-refractivity contribution in [1.29, 1.82) is 0 Å². The fraction of sp³-hybridized carbons (Fsp3) is 0.273. The summed E-state index contributed by atoms with van der Waals surface area (Å²) in [4.78, 5) is 17.2. The first-order valence-electron chi connectivity index (χ1n) is 8.83. The molecule has 0 aliphatic carbocycles. The lowest BCUT2D eigenvalue weighted by Crippen LogP contribution is -2.15. The van der Waals surface area contributed by atoms with Crippen LogP contribution in [0.3, 0.4) is 0 Å². The van der Waals surface area contributed by atoms with Crippen LogP contribution in [0.15, 0.2) is 41.4 Å². The SMILES string of the molecule is COc1ccc(C)cc1NC(=O)CSc1nc2cc(C)c(C)cc2cc1C. The lowest BCUT2D eigenvalue weighted by Gasteiger charge is -2.12. The largest absolute Gasteiger partial charge is 0.495 e. The first-order valence-corrected chi connectivity index (χ1v) is 9.82. The summed E-state index contributed by atoms with van der Waals surface area (Å²) < 4.78 is 5.32. The van der Waals surface area contributed by atoms with E-state index in [-0.39, 0.29) is 5.91 Å². The molecular weight excluding hydrogens is 356 g/mol. The predicted octanol–water partition coefficient (Wildman–Crippen LogP) is 5.21. The molecule has 1 heterocycles. The molecule has 140 valence electrons. The van der Waals surface area contributed by atoms with Crippen molar-refractivity contribution in [2.24, 2.45) is 0 Å². The highest BCUT2D eigenvalue weighted by atomic mass is 32.2. The molecule has 27 heavy (non-hydrogen) atoms. The highest BCUT2D eigenvalue weighted by Gasteiger charge is 2.11. The zero-order chi connectivity index (χ0) is 19.6.